The van der Waals surface area contributed by atoms with Gasteiger partial charge in [0, 0.05) is 0 Å². The van der Waals surface area contributed by atoms with Crippen LogP contribution >= 0.6 is 0 Å². The van der Waals surface area contributed by atoms with Crippen LogP contribution in [0.1, 0.15) is 22.3 Å². The standard InChI is InChI=1S/C133H90/c1-10-37-91(38-11-1)108-73-109(92-39-12-2-13-40-92)78-116(77-108)100-55-32-59-104(69-100)120-85-121(105-60-33-56-101(70-105)117-79-110(93-41-14-3-15-42-93)74-111(80-117)94-43-16-4-17-44-94)88-124(87-120)133(130-67-31-30-65-129(130)132-128(66-36-68-131(132)133)127-64-29-28-63-126(127)99-53-26-9-27-54-99)125-89-122(106-61-34-57-102(71-106)118-81-112(95-45-18-5-19-46-95)75-113(82-118)96-47-20-6-21-48-96)86-123(90-125)107-62-35-58-103(72-107)119-83-114(97-49-22-7-23-50-97)76-115(84-119)98-51-24-8-25-52-98/h1-90H. The predicted octanol–water partition coefficient (Wildman–Crippen LogP) is 36.1. The first-order chi connectivity index (χ1) is 65.8. The molecule has 0 bridgehead atoms. The second kappa shape index (κ2) is 35.5. The summed E-state index contributed by atoms with van der Waals surface area (Å²) in [6.07, 6.45) is 0. The van der Waals surface area contributed by atoms with Crippen LogP contribution in [0.3, 0.4) is 0 Å². The van der Waals surface area contributed by atoms with Gasteiger partial charge in [0.1, 0.15) is 0 Å². The molecule has 0 unspecified atom stereocenters. The molecule has 0 saturated carbocycles. The lowest BCUT2D eigenvalue weighted by Crippen LogP contribution is -2.29. The molecule has 0 heteroatoms. The van der Waals surface area contributed by atoms with Crippen LogP contribution in [-0.2, 0) is 5.41 Å². The summed E-state index contributed by atoms with van der Waals surface area (Å²) in [6, 6.07) is 204. The first-order valence-electron chi connectivity index (χ1n) is 46.0. The molecule has 0 amide bonds. The Balaban J connectivity index is 0.810. The molecular formula is C133H90. The van der Waals surface area contributed by atoms with Crippen molar-refractivity contribution < 1.29 is 0 Å². The van der Waals surface area contributed by atoms with Crippen molar-refractivity contribution in [3.8, 4) is 211 Å². The molecule has 0 fully saturated rings. The molecule has 0 atom stereocenters. The van der Waals surface area contributed by atoms with E-state index in [-0.39, 0.29) is 0 Å². The van der Waals surface area contributed by atoms with Gasteiger partial charge in [-0.1, -0.05) is 413 Å². The zero-order chi connectivity index (χ0) is 88.4. The molecule has 1 aliphatic carbocycles. The molecule has 0 aliphatic heterocycles. The van der Waals surface area contributed by atoms with Gasteiger partial charge in [0.2, 0.25) is 0 Å². The van der Waals surface area contributed by atoms with E-state index in [1.807, 2.05) is 0 Å². The monoisotopic (exact) mass is 1690 g/mol. The molecule has 22 aromatic carbocycles. The van der Waals surface area contributed by atoms with Crippen LogP contribution in [0.4, 0.5) is 0 Å². The van der Waals surface area contributed by atoms with Crippen LogP contribution in [-0.4, -0.2) is 0 Å². The Morgan fingerprint density at radius 3 is 0.496 bits per heavy atom. The van der Waals surface area contributed by atoms with E-state index < -0.39 is 5.41 Å². The summed E-state index contributed by atoms with van der Waals surface area (Å²) in [5.41, 5.74) is 47.0. The van der Waals surface area contributed by atoms with Gasteiger partial charge in [-0.05, 0) is 367 Å². The normalized spacial score (nSPS) is 11.8. The van der Waals surface area contributed by atoms with Crippen molar-refractivity contribution in [2.45, 2.75) is 5.41 Å². The summed E-state index contributed by atoms with van der Waals surface area (Å²) in [5, 5.41) is 0. The first-order valence-corrected chi connectivity index (χ1v) is 46.0. The summed E-state index contributed by atoms with van der Waals surface area (Å²) in [6.45, 7) is 0. The zero-order valence-electron chi connectivity index (χ0n) is 73.5. The van der Waals surface area contributed by atoms with Gasteiger partial charge in [0.15, 0.2) is 0 Å². The molecule has 1 aliphatic rings. The molecule has 23 rings (SSSR count). The highest BCUT2D eigenvalue weighted by atomic mass is 14.5. The van der Waals surface area contributed by atoms with Gasteiger partial charge in [-0.15, -0.1) is 0 Å². The summed E-state index contributed by atoms with van der Waals surface area (Å²) >= 11 is 0. The van der Waals surface area contributed by atoms with Crippen LogP contribution in [0.15, 0.2) is 546 Å². The maximum absolute atomic E-state index is 2.57. The van der Waals surface area contributed by atoms with Crippen LogP contribution in [0.2, 0.25) is 0 Å². The Bertz CT molecular complexity index is 7040. The highest BCUT2D eigenvalue weighted by Gasteiger charge is 2.48. The quantitative estimate of drug-likeness (QED) is 0.0713. The third-order valence-electron chi connectivity index (χ3n) is 26.8. The average Bonchev–Trinajstić information content (AvgIpc) is 1.53. The molecule has 0 saturated heterocycles. The highest BCUT2D eigenvalue weighted by Crippen LogP contribution is 2.61. The molecule has 0 radical (unpaired) electrons. The van der Waals surface area contributed by atoms with E-state index in [4.69, 9.17) is 0 Å². The Kier molecular flexibility index (Phi) is 21.4. The molecule has 0 heterocycles. The number of benzene rings is 22. The number of hydrogen-bond donors (Lipinski definition) is 0. The summed E-state index contributed by atoms with van der Waals surface area (Å²) in [7, 11) is 0. The Morgan fingerprint density at radius 2 is 0.248 bits per heavy atom. The van der Waals surface area contributed by atoms with E-state index in [1.165, 1.54) is 83.5 Å². The van der Waals surface area contributed by atoms with E-state index in [2.05, 4.69) is 546 Å². The second-order valence-corrected chi connectivity index (χ2v) is 35.0. The van der Waals surface area contributed by atoms with Gasteiger partial charge in [-0.3, -0.25) is 0 Å². The molecule has 133 heavy (non-hydrogen) atoms. The fourth-order valence-electron chi connectivity index (χ4n) is 20.4. The maximum atomic E-state index is 2.57. The third kappa shape index (κ3) is 15.9. The second-order valence-electron chi connectivity index (χ2n) is 35.0. The van der Waals surface area contributed by atoms with E-state index in [0.717, 1.165) is 150 Å². The van der Waals surface area contributed by atoms with Gasteiger partial charge in [0.25, 0.3) is 0 Å². The van der Waals surface area contributed by atoms with Crippen LogP contribution < -0.4 is 0 Å². The van der Waals surface area contributed by atoms with Crippen molar-refractivity contribution in [2.75, 3.05) is 0 Å². The summed E-state index contributed by atoms with van der Waals surface area (Å²) in [5.74, 6) is 0. The lowest BCUT2D eigenvalue weighted by atomic mass is 9.66. The van der Waals surface area contributed by atoms with Crippen molar-refractivity contribution in [1.82, 2.24) is 0 Å². The summed E-state index contributed by atoms with van der Waals surface area (Å²) in [4.78, 5) is 0. The molecule has 0 aromatic heterocycles. The fraction of sp³-hybridized carbons (Fsp3) is 0.00752. The Labute approximate surface area is 779 Å². The number of hydrogen-bond acceptors (Lipinski definition) is 0. The fourth-order valence-corrected chi connectivity index (χ4v) is 20.4. The van der Waals surface area contributed by atoms with Crippen molar-refractivity contribution >= 4 is 0 Å². The van der Waals surface area contributed by atoms with E-state index in [9.17, 15) is 0 Å². The molecule has 0 N–H and O–H groups in total. The third-order valence-corrected chi connectivity index (χ3v) is 26.8. The van der Waals surface area contributed by atoms with E-state index in [1.54, 1.807) is 0 Å². The van der Waals surface area contributed by atoms with Crippen LogP contribution in [0.5, 0.6) is 0 Å². The molecule has 0 spiro atoms. The topological polar surface area (TPSA) is 0 Å². The highest BCUT2D eigenvalue weighted by molar-refractivity contribution is 6.01. The smallest absolute Gasteiger partial charge is 0.0622 e. The van der Waals surface area contributed by atoms with Crippen molar-refractivity contribution in [3.63, 3.8) is 0 Å². The maximum Gasteiger partial charge on any atom is 0.0714 e. The lowest BCUT2D eigenvalue weighted by molar-refractivity contribution is 0.770. The van der Waals surface area contributed by atoms with Gasteiger partial charge >= 0.3 is 0 Å². The Morgan fingerprint density at radius 1 is 0.0902 bits per heavy atom. The zero-order valence-corrected chi connectivity index (χ0v) is 73.5. The van der Waals surface area contributed by atoms with E-state index in [0.29, 0.717) is 0 Å². The first kappa shape index (κ1) is 80.4. The molecular weight excluding hydrogens is 1600 g/mol. The van der Waals surface area contributed by atoms with Gasteiger partial charge in [-0.25, -0.2) is 0 Å². The molecule has 22 aromatic rings. The number of rotatable bonds is 20. The van der Waals surface area contributed by atoms with Crippen LogP contribution in [0.25, 0.3) is 211 Å². The summed E-state index contributed by atoms with van der Waals surface area (Å²) < 4.78 is 0. The van der Waals surface area contributed by atoms with Crippen molar-refractivity contribution in [2.24, 2.45) is 0 Å². The largest absolute Gasteiger partial charge is 0.0714 e. The minimum atomic E-state index is -1.05. The minimum Gasteiger partial charge on any atom is -0.0622 e. The van der Waals surface area contributed by atoms with Gasteiger partial charge in [-0.2, -0.15) is 0 Å². The van der Waals surface area contributed by atoms with Gasteiger partial charge < -0.3 is 0 Å². The number of fused-ring (bicyclic) bond motifs is 3. The van der Waals surface area contributed by atoms with Crippen molar-refractivity contribution in [1.29, 1.82) is 0 Å². The van der Waals surface area contributed by atoms with Gasteiger partial charge in [0.05, 0.1) is 5.41 Å². The van der Waals surface area contributed by atoms with Crippen molar-refractivity contribution in [3.05, 3.63) is 568 Å². The lowest BCUT2D eigenvalue weighted by Gasteiger charge is -2.35. The Hall–Kier alpha value is -17.2. The molecule has 0 nitrogen and oxygen atoms in total. The van der Waals surface area contributed by atoms with Crippen LogP contribution in [0, 0.1) is 0 Å². The predicted molar refractivity (Wildman–Crippen MR) is 562 cm³/mol. The molecule has 622 valence electrons. The van der Waals surface area contributed by atoms with E-state index >= 15 is 0 Å². The SMILES string of the molecule is c1ccc(-c2cc(-c3ccccc3)cc(-c3cccc(-c4cc(-c5cccc(-c6cc(-c7ccccc7)cc(-c7ccccc7)c6)c5)cc(C5(c6cc(-c7cccc(-c8cc(-c9ccccc9)cc(-c9ccccc9)c8)c7)cc(-c7cccc(-c8cc(-c9ccccc9)cc(-c9ccccc9)c8)c7)c6)c6ccccc6-c6c(-c7ccccc7-c7ccccc7)cccc65)c4)c3)c2)cc1. The average molecular weight is 1690 g/mol. The minimum absolute atomic E-state index is 1.05.